The fourth-order valence-electron chi connectivity index (χ4n) is 3.47. The van der Waals surface area contributed by atoms with Crippen molar-refractivity contribution in [1.82, 2.24) is 9.73 Å². The van der Waals surface area contributed by atoms with E-state index in [0.29, 0.717) is 36.7 Å². The molecule has 2 aliphatic rings. The van der Waals surface area contributed by atoms with Gasteiger partial charge in [-0.3, -0.25) is 4.79 Å². The molecule has 146 valence electrons. The van der Waals surface area contributed by atoms with Crippen LogP contribution in [0.5, 0.6) is 0 Å². The number of nitrogens with zero attached hydrogens (tertiary/aromatic N) is 2. The number of nitrogens with one attached hydrogen (secondary N) is 1. The van der Waals surface area contributed by atoms with E-state index in [1.807, 2.05) is 13.1 Å². The molecule has 1 atom stereocenters. The standard InChI is InChI=1S/C20H27N3O3S/c1-16-7-9-19(10-8-16)27(25,26)23-13-11-18(12-14-23)20(24)22-21-15-17-5-3-2-4-6-17/h2-3,7-10,15,17-18H,4-6,11-14H2,1H3,(H,22,24)/b21-15-/t17-/m1/s1. The SMILES string of the molecule is Cc1ccc(S(=O)(=O)N2CCC(C(=O)N/N=C\[C@@H]3CC=CCC3)CC2)cc1. The number of carbonyl (C=O) groups excluding carboxylic acids is 1. The van der Waals surface area contributed by atoms with Crippen LogP contribution in [0, 0.1) is 18.8 Å². The van der Waals surface area contributed by atoms with Crippen LogP contribution in [0.1, 0.15) is 37.7 Å². The quantitative estimate of drug-likeness (QED) is 0.478. The fraction of sp³-hybridized carbons (Fsp3) is 0.500. The fourth-order valence-corrected chi connectivity index (χ4v) is 4.94. The van der Waals surface area contributed by atoms with Crippen molar-refractivity contribution in [2.75, 3.05) is 13.1 Å². The van der Waals surface area contributed by atoms with Crippen LogP contribution in [0.15, 0.2) is 46.4 Å². The third kappa shape index (κ3) is 5.05. The van der Waals surface area contributed by atoms with E-state index in [9.17, 15) is 13.2 Å². The third-order valence-corrected chi connectivity index (χ3v) is 7.17. The molecule has 27 heavy (non-hydrogen) atoms. The van der Waals surface area contributed by atoms with Gasteiger partial charge in [0, 0.05) is 25.2 Å². The predicted molar refractivity (Wildman–Crippen MR) is 106 cm³/mol. The minimum Gasteiger partial charge on any atom is -0.273 e. The van der Waals surface area contributed by atoms with Crippen LogP contribution in [0.2, 0.25) is 0 Å². The van der Waals surface area contributed by atoms with E-state index in [1.165, 1.54) is 4.31 Å². The van der Waals surface area contributed by atoms with Gasteiger partial charge in [-0.1, -0.05) is 29.8 Å². The van der Waals surface area contributed by atoms with Crippen LogP contribution in [0.25, 0.3) is 0 Å². The van der Waals surface area contributed by atoms with Crippen molar-refractivity contribution in [3.63, 3.8) is 0 Å². The highest BCUT2D eigenvalue weighted by Crippen LogP contribution is 2.24. The Kier molecular flexibility index (Phi) is 6.44. The molecule has 1 saturated heterocycles. The monoisotopic (exact) mass is 389 g/mol. The molecule has 6 nitrogen and oxygen atoms in total. The first-order valence-corrected chi connectivity index (χ1v) is 11.0. The highest BCUT2D eigenvalue weighted by Gasteiger charge is 2.32. The molecule has 3 rings (SSSR count). The second kappa shape index (κ2) is 8.80. The molecule has 1 aliphatic carbocycles. The first-order valence-electron chi connectivity index (χ1n) is 9.51. The lowest BCUT2D eigenvalue weighted by atomic mass is 9.96. The molecule has 0 aromatic heterocycles. The van der Waals surface area contributed by atoms with Gasteiger partial charge in [0.2, 0.25) is 15.9 Å². The van der Waals surface area contributed by atoms with Crippen molar-refractivity contribution in [3.8, 4) is 0 Å². The number of piperidine rings is 1. The van der Waals surface area contributed by atoms with Crippen molar-refractivity contribution < 1.29 is 13.2 Å². The third-order valence-electron chi connectivity index (χ3n) is 5.25. The summed E-state index contributed by atoms with van der Waals surface area (Å²) >= 11 is 0. The number of hydrazone groups is 1. The highest BCUT2D eigenvalue weighted by molar-refractivity contribution is 7.89. The van der Waals surface area contributed by atoms with E-state index in [1.54, 1.807) is 24.3 Å². The van der Waals surface area contributed by atoms with E-state index in [4.69, 9.17) is 0 Å². The lowest BCUT2D eigenvalue weighted by Gasteiger charge is -2.30. The van der Waals surface area contributed by atoms with Crippen LogP contribution in [-0.4, -0.2) is 37.9 Å². The molecule has 1 amide bonds. The molecule has 1 fully saturated rings. The summed E-state index contributed by atoms with van der Waals surface area (Å²) in [5, 5.41) is 4.10. The number of carbonyl (C=O) groups is 1. The number of rotatable bonds is 5. The molecule has 1 heterocycles. The molecule has 1 aliphatic heterocycles. The number of amides is 1. The van der Waals surface area contributed by atoms with E-state index in [2.05, 4.69) is 22.7 Å². The number of allylic oxidation sites excluding steroid dienone is 2. The largest absolute Gasteiger partial charge is 0.273 e. The zero-order valence-corrected chi connectivity index (χ0v) is 16.5. The van der Waals surface area contributed by atoms with E-state index < -0.39 is 10.0 Å². The van der Waals surface area contributed by atoms with Crippen molar-refractivity contribution >= 4 is 22.1 Å². The summed E-state index contributed by atoms with van der Waals surface area (Å²) in [6.07, 6.45) is 10.2. The Labute approximate surface area is 161 Å². The Morgan fingerprint density at radius 1 is 1.15 bits per heavy atom. The van der Waals surface area contributed by atoms with E-state index in [0.717, 1.165) is 24.8 Å². The maximum absolute atomic E-state index is 12.7. The number of hydrogen-bond acceptors (Lipinski definition) is 4. The summed E-state index contributed by atoms with van der Waals surface area (Å²) in [4.78, 5) is 12.6. The van der Waals surface area contributed by atoms with Crippen LogP contribution in [-0.2, 0) is 14.8 Å². The molecule has 0 bridgehead atoms. The Hall–Kier alpha value is -1.99. The summed E-state index contributed by atoms with van der Waals surface area (Å²) in [6, 6.07) is 6.87. The first-order chi connectivity index (χ1) is 13.0. The second-order valence-corrected chi connectivity index (χ2v) is 9.23. The summed E-state index contributed by atoms with van der Waals surface area (Å²) in [6.45, 7) is 2.63. The topological polar surface area (TPSA) is 78.8 Å². The van der Waals surface area contributed by atoms with Crippen LogP contribution < -0.4 is 5.43 Å². The lowest BCUT2D eigenvalue weighted by Crippen LogP contribution is -2.42. The number of sulfonamides is 1. The molecule has 7 heteroatoms. The molecule has 1 aromatic carbocycles. The van der Waals surface area contributed by atoms with E-state index >= 15 is 0 Å². The van der Waals surface area contributed by atoms with Crippen molar-refractivity contribution in [2.45, 2.75) is 43.9 Å². The van der Waals surface area contributed by atoms with Crippen molar-refractivity contribution in [2.24, 2.45) is 16.9 Å². The van der Waals surface area contributed by atoms with Gasteiger partial charge in [0.1, 0.15) is 0 Å². The maximum Gasteiger partial charge on any atom is 0.243 e. The minimum absolute atomic E-state index is 0.120. The zero-order chi connectivity index (χ0) is 19.3. The van der Waals surface area contributed by atoms with Gasteiger partial charge in [-0.2, -0.15) is 9.41 Å². The zero-order valence-electron chi connectivity index (χ0n) is 15.7. The maximum atomic E-state index is 12.7. The molecule has 0 radical (unpaired) electrons. The molecular weight excluding hydrogens is 362 g/mol. The number of hydrogen-bond donors (Lipinski definition) is 1. The molecule has 0 unspecified atom stereocenters. The molecular formula is C20H27N3O3S. The normalized spacial score (nSPS) is 22.2. The summed E-state index contributed by atoms with van der Waals surface area (Å²) in [7, 11) is -3.49. The van der Waals surface area contributed by atoms with Gasteiger partial charge in [-0.15, -0.1) is 0 Å². The van der Waals surface area contributed by atoms with Gasteiger partial charge in [0.25, 0.3) is 0 Å². The van der Waals surface area contributed by atoms with Crippen molar-refractivity contribution in [1.29, 1.82) is 0 Å². The van der Waals surface area contributed by atoms with Gasteiger partial charge >= 0.3 is 0 Å². The molecule has 1 N–H and O–H groups in total. The van der Waals surface area contributed by atoms with Gasteiger partial charge in [0.05, 0.1) is 4.90 Å². The Balaban J connectivity index is 1.50. The van der Waals surface area contributed by atoms with Gasteiger partial charge in [-0.05, 0) is 57.1 Å². The highest BCUT2D eigenvalue weighted by atomic mass is 32.2. The molecule has 1 aromatic rings. The average molecular weight is 390 g/mol. The number of aryl methyl sites for hydroxylation is 1. The first kappa shape index (κ1) is 19.8. The van der Waals surface area contributed by atoms with Crippen LogP contribution in [0.4, 0.5) is 0 Å². The average Bonchev–Trinajstić information content (AvgIpc) is 2.69. The predicted octanol–water partition coefficient (Wildman–Crippen LogP) is 2.85. The smallest absolute Gasteiger partial charge is 0.243 e. The summed E-state index contributed by atoms with van der Waals surface area (Å²) < 4.78 is 26.9. The number of benzene rings is 1. The van der Waals surface area contributed by atoms with Gasteiger partial charge in [0.15, 0.2) is 0 Å². The van der Waals surface area contributed by atoms with Crippen molar-refractivity contribution in [3.05, 3.63) is 42.0 Å². The summed E-state index contributed by atoms with van der Waals surface area (Å²) in [5.74, 6) is 0.0691. The van der Waals surface area contributed by atoms with Gasteiger partial charge < -0.3 is 0 Å². The Morgan fingerprint density at radius 3 is 2.48 bits per heavy atom. The van der Waals surface area contributed by atoms with E-state index in [-0.39, 0.29) is 11.8 Å². The minimum atomic E-state index is -3.49. The Bertz CT molecular complexity index is 807. The molecule has 0 saturated carbocycles. The Morgan fingerprint density at radius 2 is 1.85 bits per heavy atom. The van der Waals surface area contributed by atoms with Gasteiger partial charge in [-0.25, -0.2) is 13.8 Å². The van der Waals surface area contributed by atoms with Crippen LogP contribution >= 0.6 is 0 Å². The second-order valence-electron chi connectivity index (χ2n) is 7.29. The molecule has 0 spiro atoms. The lowest BCUT2D eigenvalue weighted by molar-refractivity contribution is -0.126. The van der Waals surface area contributed by atoms with Crippen LogP contribution in [0.3, 0.4) is 0 Å². The summed E-state index contributed by atoms with van der Waals surface area (Å²) in [5.41, 5.74) is 3.65.